The van der Waals surface area contributed by atoms with Gasteiger partial charge in [0.2, 0.25) is 0 Å². The van der Waals surface area contributed by atoms with Gasteiger partial charge in [0.1, 0.15) is 0 Å². The minimum atomic E-state index is -0.137. The predicted molar refractivity (Wildman–Crippen MR) is 93.4 cm³/mol. The van der Waals surface area contributed by atoms with E-state index in [4.69, 9.17) is 0 Å². The molecule has 1 aliphatic carbocycles. The average molecular weight is 326 g/mol. The summed E-state index contributed by atoms with van der Waals surface area (Å²) in [4.78, 5) is 25.6. The van der Waals surface area contributed by atoms with Crippen molar-refractivity contribution >= 4 is 12.1 Å². The Morgan fingerprint density at radius 2 is 1.74 bits per heavy atom. The van der Waals surface area contributed by atoms with Crippen molar-refractivity contribution in [2.24, 2.45) is 10.8 Å². The second kappa shape index (κ2) is 7.88. The van der Waals surface area contributed by atoms with Gasteiger partial charge in [-0.2, -0.15) is 0 Å². The molecule has 1 saturated carbocycles. The van der Waals surface area contributed by atoms with Gasteiger partial charge in [-0.3, -0.25) is 0 Å². The van der Waals surface area contributed by atoms with Crippen molar-refractivity contribution in [1.82, 2.24) is 20.9 Å². The molecule has 2 unspecified atom stereocenters. The number of rotatable bonds is 5. The number of carbonyl (C=O) groups is 2. The average Bonchev–Trinajstić information content (AvgIpc) is 2.44. The normalized spacial score (nSPS) is 26.3. The van der Waals surface area contributed by atoms with Crippen molar-refractivity contribution in [3.8, 4) is 0 Å². The van der Waals surface area contributed by atoms with Gasteiger partial charge in [-0.1, -0.05) is 20.8 Å². The molecule has 134 valence electrons. The fourth-order valence-electron chi connectivity index (χ4n) is 4.04. The SMILES string of the molecule is CCN(CC)C(=O)NCC1(C)CC(NC(=O)NC)CC(C)(C)C1. The molecule has 1 aliphatic rings. The molecule has 4 amide bonds. The van der Waals surface area contributed by atoms with E-state index in [-0.39, 0.29) is 28.9 Å². The number of carbonyl (C=O) groups excluding carboxylic acids is 2. The van der Waals surface area contributed by atoms with Crippen LogP contribution in [0.5, 0.6) is 0 Å². The molecule has 0 aromatic carbocycles. The topological polar surface area (TPSA) is 73.5 Å². The van der Waals surface area contributed by atoms with E-state index in [2.05, 4.69) is 36.7 Å². The maximum Gasteiger partial charge on any atom is 0.317 e. The van der Waals surface area contributed by atoms with Crippen LogP contribution in [0.1, 0.15) is 53.9 Å². The first-order valence-corrected chi connectivity index (χ1v) is 8.66. The number of urea groups is 2. The van der Waals surface area contributed by atoms with Crippen LogP contribution in [0.25, 0.3) is 0 Å². The van der Waals surface area contributed by atoms with Crippen LogP contribution in [-0.2, 0) is 0 Å². The van der Waals surface area contributed by atoms with Gasteiger partial charge in [-0.05, 0) is 43.9 Å². The molecule has 0 bridgehead atoms. The lowest BCUT2D eigenvalue weighted by Crippen LogP contribution is -2.52. The van der Waals surface area contributed by atoms with Crippen molar-refractivity contribution in [3.05, 3.63) is 0 Å². The van der Waals surface area contributed by atoms with Gasteiger partial charge < -0.3 is 20.9 Å². The number of hydrogen-bond donors (Lipinski definition) is 3. The van der Waals surface area contributed by atoms with Gasteiger partial charge in [-0.25, -0.2) is 9.59 Å². The third-order valence-electron chi connectivity index (χ3n) is 4.72. The molecule has 0 saturated heterocycles. The van der Waals surface area contributed by atoms with E-state index in [9.17, 15) is 9.59 Å². The number of nitrogens with one attached hydrogen (secondary N) is 3. The van der Waals surface area contributed by atoms with E-state index >= 15 is 0 Å². The van der Waals surface area contributed by atoms with Crippen LogP contribution in [0, 0.1) is 10.8 Å². The van der Waals surface area contributed by atoms with Gasteiger partial charge >= 0.3 is 12.1 Å². The Morgan fingerprint density at radius 1 is 1.13 bits per heavy atom. The summed E-state index contributed by atoms with van der Waals surface area (Å²) in [5, 5.41) is 8.74. The molecule has 0 spiro atoms. The van der Waals surface area contributed by atoms with E-state index in [0.717, 1.165) is 19.3 Å². The first kappa shape index (κ1) is 19.6. The fourth-order valence-corrected chi connectivity index (χ4v) is 4.04. The van der Waals surface area contributed by atoms with E-state index in [1.54, 1.807) is 11.9 Å². The molecule has 1 rings (SSSR count). The lowest BCUT2D eigenvalue weighted by atomic mass is 9.62. The molecule has 0 radical (unpaired) electrons. The maximum atomic E-state index is 12.2. The smallest absolute Gasteiger partial charge is 0.317 e. The third kappa shape index (κ3) is 5.92. The highest BCUT2D eigenvalue weighted by molar-refractivity contribution is 5.74. The second-order valence-corrected chi connectivity index (χ2v) is 7.81. The molecular weight excluding hydrogens is 292 g/mol. The quantitative estimate of drug-likeness (QED) is 0.726. The highest BCUT2D eigenvalue weighted by atomic mass is 16.2. The summed E-state index contributed by atoms with van der Waals surface area (Å²) in [6.07, 6.45) is 2.87. The second-order valence-electron chi connectivity index (χ2n) is 7.81. The summed E-state index contributed by atoms with van der Waals surface area (Å²) in [6.45, 7) is 12.7. The minimum absolute atomic E-state index is 0.00425. The monoisotopic (exact) mass is 326 g/mol. The molecule has 23 heavy (non-hydrogen) atoms. The lowest BCUT2D eigenvalue weighted by Gasteiger charge is -2.47. The van der Waals surface area contributed by atoms with Gasteiger partial charge in [0, 0.05) is 32.7 Å². The first-order valence-electron chi connectivity index (χ1n) is 8.66. The van der Waals surface area contributed by atoms with Gasteiger partial charge in [0.25, 0.3) is 0 Å². The summed E-state index contributed by atoms with van der Waals surface area (Å²) in [5.74, 6) is 0. The predicted octanol–water partition coefficient (Wildman–Crippen LogP) is 2.55. The van der Waals surface area contributed by atoms with Crippen LogP contribution >= 0.6 is 0 Å². The zero-order valence-corrected chi connectivity index (χ0v) is 15.6. The molecule has 0 aromatic heterocycles. The van der Waals surface area contributed by atoms with Crippen LogP contribution in [0.3, 0.4) is 0 Å². The van der Waals surface area contributed by atoms with Crippen LogP contribution in [0.2, 0.25) is 0 Å². The van der Waals surface area contributed by atoms with E-state index in [1.807, 2.05) is 13.8 Å². The van der Waals surface area contributed by atoms with Gasteiger partial charge in [-0.15, -0.1) is 0 Å². The number of amides is 4. The Hall–Kier alpha value is -1.46. The van der Waals surface area contributed by atoms with Crippen LogP contribution < -0.4 is 16.0 Å². The molecule has 0 heterocycles. The Balaban J connectivity index is 2.70. The highest BCUT2D eigenvalue weighted by Crippen LogP contribution is 2.45. The van der Waals surface area contributed by atoms with E-state index in [1.165, 1.54) is 0 Å². The summed E-state index contributed by atoms with van der Waals surface area (Å²) in [6, 6.07) is -0.00769. The third-order valence-corrected chi connectivity index (χ3v) is 4.72. The summed E-state index contributed by atoms with van der Waals surface area (Å²) in [7, 11) is 1.63. The van der Waals surface area contributed by atoms with Crippen molar-refractivity contribution < 1.29 is 9.59 Å². The van der Waals surface area contributed by atoms with Crippen molar-refractivity contribution in [3.63, 3.8) is 0 Å². The Morgan fingerprint density at radius 3 is 2.26 bits per heavy atom. The minimum Gasteiger partial charge on any atom is -0.341 e. The Bertz CT molecular complexity index is 421. The molecule has 1 fully saturated rings. The van der Waals surface area contributed by atoms with Crippen LogP contribution in [0.15, 0.2) is 0 Å². The summed E-state index contributed by atoms with van der Waals surface area (Å²) in [5.41, 5.74) is 0.120. The Kier molecular flexibility index (Phi) is 6.71. The van der Waals surface area contributed by atoms with Crippen molar-refractivity contribution in [2.45, 2.75) is 59.9 Å². The molecule has 0 aliphatic heterocycles. The zero-order valence-electron chi connectivity index (χ0n) is 15.6. The molecule has 0 aromatic rings. The molecular formula is C17H34N4O2. The molecule has 3 N–H and O–H groups in total. The fraction of sp³-hybridized carbons (Fsp3) is 0.882. The molecule has 6 nitrogen and oxygen atoms in total. The maximum absolute atomic E-state index is 12.2. The highest BCUT2D eigenvalue weighted by Gasteiger charge is 2.41. The van der Waals surface area contributed by atoms with Gasteiger partial charge in [0.05, 0.1) is 0 Å². The first-order chi connectivity index (χ1) is 10.6. The molecule has 6 heteroatoms. The lowest BCUT2D eigenvalue weighted by molar-refractivity contribution is 0.0736. The largest absolute Gasteiger partial charge is 0.341 e. The standard InChI is InChI=1S/C17H34N4O2/c1-7-21(8-2)15(23)19-12-17(5)10-13(20-14(22)18-6)9-16(3,4)11-17/h13H,7-12H2,1-6H3,(H,19,23)(H2,18,20,22). The summed E-state index contributed by atoms with van der Waals surface area (Å²) < 4.78 is 0. The van der Waals surface area contributed by atoms with E-state index < -0.39 is 0 Å². The van der Waals surface area contributed by atoms with Gasteiger partial charge in [0.15, 0.2) is 0 Å². The number of nitrogens with zero attached hydrogens (tertiary/aromatic N) is 1. The molecule has 2 atom stereocenters. The van der Waals surface area contributed by atoms with Crippen LogP contribution in [-0.4, -0.2) is 49.7 Å². The number of hydrogen-bond acceptors (Lipinski definition) is 2. The zero-order chi connectivity index (χ0) is 17.7. The summed E-state index contributed by atoms with van der Waals surface area (Å²) >= 11 is 0. The van der Waals surface area contributed by atoms with Crippen LogP contribution in [0.4, 0.5) is 9.59 Å². The van der Waals surface area contributed by atoms with E-state index in [0.29, 0.717) is 19.6 Å². The van der Waals surface area contributed by atoms with Crippen molar-refractivity contribution in [2.75, 3.05) is 26.7 Å². The van der Waals surface area contributed by atoms with Crippen molar-refractivity contribution in [1.29, 1.82) is 0 Å². The Labute approximate surface area is 140 Å².